The van der Waals surface area contributed by atoms with Gasteiger partial charge in [0.1, 0.15) is 17.5 Å². The number of nitrogens with one attached hydrogen (secondary N) is 1. The van der Waals surface area contributed by atoms with Gasteiger partial charge in [-0.25, -0.2) is 8.42 Å². The summed E-state index contributed by atoms with van der Waals surface area (Å²) in [6.07, 6.45) is 2.29. The van der Waals surface area contributed by atoms with Gasteiger partial charge in [-0.1, -0.05) is 19.1 Å². The molecular formula is C26H37N3O6S. The van der Waals surface area contributed by atoms with Crippen molar-refractivity contribution in [1.29, 1.82) is 0 Å². The third-order valence-electron chi connectivity index (χ3n) is 5.72. The summed E-state index contributed by atoms with van der Waals surface area (Å²) in [5, 5.41) is 2.85. The number of hydrogen-bond acceptors (Lipinski definition) is 6. The summed E-state index contributed by atoms with van der Waals surface area (Å²) < 4.78 is 36.6. The van der Waals surface area contributed by atoms with Gasteiger partial charge in [0.25, 0.3) is 0 Å². The van der Waals surface area contributed by atoms with Crippen molar-refractivity contribution in [1.82, 2.24) is 10.2 Å². The highest BCUT2D eigenvalue weighted by Gasteiger charge is 2.26. The number of rotatable bonds is 14. The molecule has 36 heavy (non-hydrogen) atoms. The van der Waals surface area contributed by atoms with Crippen molar-refractivity contribution in [2.45, 2.75) is 45.7 Å². The summed E-state index contributed by atoms with van der Waals surface area (Å²) in [5.74, 6) is 0.807. The van der Waals surface area contributed by atoms with Crippen LogP contribution in [0.5, 0.6) is 11.5 Å². The second kappa shape index (κ2) is 13.7. The van der Waals surface area contributed by atoms with Gasteiger partial charge in [0.2, 0.25) is 21.8 Å². The Hall–Kier alpha value is -3.27. The number of ether oxygens (including phenoxy) is 2. The minimum absolute atomic E-state index is 0.0809. The Morgan fingerprint density at radius 2 is 1.69 bits per heavy atom. The van der Waals surface area contributed by atoms with E-state index in [4.69, 9.17) is 9.47 Å². The molecule has 1 N–H and O–H groups in total. The molecule has 0 bridgehead atoms. The maximum Gasteiger partial charge on any atom is 0.242 e. The Kier molecular flexibility index (Phi) is 11.0. The highest BCUT2D eigenvalue weighted by molar-refractivity contribution is 7.92. The van der Waals surface area contributed by atoms with Crippen LogP contribution in [-0.2, 0) is 26.2 Å². The summed E-state index contributed by atoms with van der Waals surface area (Å²) in [4.78, 5) is 27.5. The van der Waals surface area contributed by atoms with Crippen molar-refractivity contribution in [3.63, 3.8) is 0 Å². The third-order valence-corrected chi connectivity index (χ3v) is 6.91. The van der Waals surface area contributed by atoms with E-state index in [0.29, 0.717) is 23.7 Å². The molecular weight excluding hydrogens is 482 g/mol. The van der Waals surface area contributed by atoms with Crippen LogP contribution in [0.4, 0.5) is 5.69 Å². The van der Waals surface area contributed by atoms with Crippen molar-refractivity contribution >= 4 is 27.5 Å². The first-order chi connectivity index (χ1) is 17.1. The molecule has 0 aliphatic heterocycles. The number of methoxy groups -OCH3 is 2. The second-order valence-electron chi connectivity index (χ2n) is 8.48. The van der Waals surface area contributed by atoms with Crippen LogP contribution >= 0.6 is 0 Å². The van der Waals surface area contributed by atoms with Crippen LogP contribution in [-0.4, -0.2) is 64.7 Å². The summed E-state index contributed by atoms with van der Waals surface area (Å²) in [7, 11) is -0.456. The number of amides is 2. The third kappa shape index (κ3) is 8.44. The molecule has 0 heterocycles. The van der Waals surface area contributed by atoms with E-state index in [1.54, 1.807) is 38.3 Å². The van der Waals surface area contributed by atoms with Gasteiger partial charge in [0, 0.05) is 26.1 Å². The average molecular weight is 520 g/mol. The molecule has 0 radical (unpaired) electrons. The van der Waals surface area contributed by atoms with E-state index in [-0.39, 0.29) is 37.7 Å². The molecule has 0 aliphatic carbocycles. The fraction of sp³-hybridized carbons (Fsp3) is 0.462. The molecule has 0 spiro atoms. The lowest BCUT2D eigenvalue weighted by Gasteiger charge is -2.29. The highest BCUT2D eigenvalue weighted by atomic mass is 32.2. The maximum absolute atomic E-state index is 13.3. The minimum atomic E-state index is -3.56. The lowest BCUT2D eigenvalue weighted by molar-refractivity contribution is -0.140. The van der Waals surface area contributed by atoms with Crippen LogP contribution in [0.2, 0.25) is 0 Å². The van der Waals surface area contributed by atoms with Gasteiger partial charge in [0.05, 0.1) is 26.2 Å². The molecule has 2 rings (SSSR count). The largest absolute Gasteiger partial charge is 0.497 e. The van der Waals surface area contributed by atoms with Crippen molar-refractivity contribution in [2.75, 3.05) is 37.9 Å². The number of anilines is 1. The Morgan fingerprint density at radius 1 is 1.03 bits per heavy atom. The zero-order chi connectivity index (χ0) is 26.7. The first-order valence-corrected chi connectivity index (χ1v) is 13.8. The average Bonchev–Trinajstić information content (AvgIpc) is 2.87. The van der Waals surface area contributed by atoms with Gasteiger partial charge in [-0.05, 0) is 61.7 Å². The fourth-order valence-electron chi connectivity index (χ4n) is 3.70. The summed E-state index contributed by atoms with van der Waals surface area (Å²) in [6.45, 7) is 4.53. The molecule has 0 unspecified atom stereocenters. The molecule has 198 valence electrons. The van der Waals surface area contributed by atoms with Crippen LogP contribution < -0.4 is 19.1 Å². The molecule has 0 aromatic heterocycles. The molecule has 2 amide bonds. The summed E-state index contributed by atoms with van der Waals surface area (Å²) in [6, 6.07) is 13.3. The topological polar surface area (TPSA) is 105 Å². The van der Waals surface area contributed by atoms with Gasteiger partial charge in [-0.2, -0.15) is 0 Å². The van der Waals surface area contributed by atoms with Crippen molar-refractivity contribution < 1.29 is 27.5 Å². The summed E-state index contributed by atoms with van der Waals surface area (Å²) >= 11 is 0. The number of hydrogen-bond donors (Lipinski definition) is 1. The van der Waals surface area contributed by atoms with E-state index >= 15 is 0 Å². The number of benzene rings is 2. The van der Waals surface area contributed by atoms with Gasteiger partial charge in [-0.15, -0.1) is 0 Å². The monoisotopic (exact) mass is 519 g/mol. The Balaban J connectivity index is 2.16. The highest BCUT2D eigenvalue weighted by Crippen LogP contribution is 2.22. The molecule has 9 nitrogen and oxygen atoms in total. The quantitative estimate of drug-likeness (QED) is 0.411. The molecule has 2 aromatic carbocycles. The SMILES string of the molecule is CCCNC(=O)[C@H](C)N(Cc1cccc(OC)c1)C(=O)CCCN(c1ccc(OC)cc1)S(C)(=O)=O. The van der Waals surface area contributed by atoms with E-state index in [0.717, 1.165) is 18.2 Å². The normalized spacial score (nSPS) is 11.9. The number of carbonyl (C=O) groups excluding carboxylic acids is 2. The smallest absolute Gasteiger partial charge is 0.242 e. The summed E-state index contributed by atoms with van der Waals surface area (Å²) in [5.41, 5.74) is 1.32. The van der Waals surface area contributed by atoms with Crippen LogP contribution in [0.1, 0.15) is 38.7 Å². The minimum Gasteiger partial charge on any atom is -0.497 e. The van der Waals surface area contributed by atoms with Crippen molar-refractivity contribution in [3.8, 4) is 11.5 Å². The van der Waals surface area contributed by atoms with Crippen LogP contribution in [0.25, 0.3) is 0 Å². The van der Waals surface area contributed by atoms with E-state index in [1.807, 2.05) is 31.2 Å². The first kappa shape index (κ1) is 29.0. The van der Waals surface area contributed by atoms with E-state index in [2.05, 4.69) is 5.32 Å². The second-order valence-corrected chi connectivity index (χ2v) is 10.4. The Labute approximate surface area is 214 Å². The van der Waals surface area contributed by atoms with E-state index in [9.17, 15) is 18.0 Å². The predicted molar refractivity (Wildman–Crippen MR) is 141 cm³/mol. The molecule has 10 heteroatoms. The van der Waals surface area contributed by atoms with Crippen LogP contribution in [0.3, 0.4) is 0 Å². The van der Waals surface area contributed by atoms with Crippen LogP contribution in [0.15, 0.2) is 48.5 Å². The molecule has 0 fully saturated rings. The maximum atomic E-state index is 13.3. The Morgan fingerprint density at radius 3 is 2.28 bits per heavy atom. The predicted octanol–water partition coefficient (Wildman–Crippen LogP) is 3.19. The molecule has 0 saturated heterocycles. The van der Waals surface area contributed by atoms with E-state index in [1.165, 1.54) is 16.3 Å². The lowest BCUT2D eigenvalue weighted by atomic mass is 10.1. The Bertz CT molecular complexity index is 1100. The fourth-order valence-corrected chi connectivity index (χ4v) is 4.66. The molecule has 2 aromatic rings. The number of carbonyl (C=O) groups is 2. The van der Waals surface area contributed by atoms with Gasteiger partial charge >= 0.3 is 0 Å². The lowest BCUT2D eigenvalue weighted by Crippen LogP contribution is -2.47. The van der Waals surface area contributed by atoms with Crippen molar-refractivity contribution in [2.24, 2.45) is 0 Å². The number of nitrogens with zero attached hydrogens (tertiary/aromatic N) is 2. The zero-order valence-corrected chi connectivity index (χ0v) is 22.5. The molecule has 1 atom stereocenters. The zero-order valence-electron chi connectivity index (χ0n) is 21.7. The van der Waals surface area contributed by atoms with Gasteiger partial charge in [-0.3, -0.25) is 13.9 Å². The van der Waals surface area contributed by atoms with Gasteiger partial charge in [0.15, 0.2) is 0 Å². The van der Waals surface area contributed by atoms with Crippen LogP contribution in [0, 0.1) is 0 Å². The van der Waals surface area contributed by atoms with E-state index < -0.39 is 16.1 Å². The molecule has 0 saturated carbocycles. The molecule has 0 aliphatic rings. The van der Waals surface area contributed by atoms with Gasteiger partial charge < -0.3 is 19.7 Å². The number of sulfonamides is 1. The first-order valence-electron chi connectivity index (χ1n) is 11.9. The van der Waals surface area contributed by atoms with Crippen molar-refractivity contribution in [3.05, 3.63) is 54.1 Å². The standard InChI is InChI=1S/C26H37N3O6S/c1-6-16-27-26(31)20(2)28(19-21-9-7-10-24(18-21)35-4)25(30)11-8-17-29(36(5,32)33)22-12-14-23(34-3)15-13-22/h7,9-10,12-15,18,20H,6,8,11,16-17,19H2,1-5H3,(H,27,31)/t20-/m0/s1.